The van der Waals surface area contributed by atoms with Crippen molar-refractivity contribution in [1.29, 1.82) is 0 Å². The third kappa shape index (κ3) is 3.19. The fourth-order valence-corrected chi connectivity index (χ4v) is 2.87. The van der Waals surface area contributed by atoms with Crippen LogP contribution in [0.15, 0.2) is 29.6 Å². The number of hydrogen-bond acceptors (Lipinski definition) is 5. The van der Waals surface area contributed by atoms with Crippen molar-refractivity contribution < 1.29 is 9.72 Å². The van der Waals surface area contributed by atoms with Gasteiger partial charge in [0.15, 0.2) is 0 Å². The molecule has 110 valence electrons. The van der Waals surface area contributed by atoms with Crippen molar-refractivity contribution in [3.05, 3.63) is 55.8 Å². The van der Waals surface area contributed by atoms with Crippen molar-refractivity contribution in [3.63, 3.8) is 0 Å². The largest absolute Gasteiger partial charge is 0.393 e. The summed E-state index contributed by atoms with van der Waals surface area (Å²) >= 11 is 1.58. The molecule has 0 bridgehead atoms. The summed E-state index contributed by atoms with van der Waals surface area (Å²) in [5.74, 6) is -0.272. The zero-order valence-corrected chi connectivity index (χ0v) is 12.5. The summed E-state index contributed by atoms with van der Waals surface area (Å²) in [6.07, 6.45) is 0. The molecule has 21 heavy (non-hydrogen) atoms. The molecule has 0 unspecified atom stereocenters. The number of nitrogens with two attached hydrogens (primary N) is 1. The number of nitro groups is 1. The maximum Gasteiger partial charge on any atom is 0.292 e. The minimum atomic E-state index is -0.588. The third-order valence-corrected chi connectivity index (χ3v) is 4.18. The van der Waals surface area contributed by atoms with Gasteiger partial charge in [-0.25, -0.2) is 0 Å². The highest BCUT2D eigenvalue weighted by molar-refractivity contribution is 7.10. The van der Waals surface area contributed by atoms with E-state index in [9.17, 15) is 14.9 Å². The van der Waals surface area contributed by atoms with Crippen molar-refractivity contribution in [2.45, 2.75) is 13.5 Å². The fraction of sp³-hybridized carbons (Fsp3) is 0.214. The minimum absolute atomic E-state index is 0.0494. The molecule has 1 amide bonds. The molecule has 0 fully saturated rings. The molecule has 7 heteroatoms. The quantitative estimate of drug-likeness (QED) is 0.534. The Morgan fingerprint density at radius 2 is 2.14 bits per heavy atom. The SMILES string of the molecule is Cc1ccsc1CN(C)C(=O)c1ccc(N)c([N+](=O)[O-])c1. The van der Waals surface area contributed by atoms with Crippen LogP contribution in [0.25, 0.3) is 0 Å². The lowest BCUT2D eigenvalue weighted by Crippen LogP contribution is -2.26. The molecule has 0 atom stereocenters. The Kier molecular flexibility index (Phi) is 4.23. The van der Waals surface area contributed by atoms with Crippen LogP contribution in [0.2, 0.25) is 0 Å². The second-order valence-electron chi connectivity index (χ2n) is 4.72. The van der Waals surface area contributed by atoms with Crippen molar-refractivity contribution in [2.24, 2.45) is 0 Å². The number of nitrogens with zero attached hydrogens (tertiary/aromatic N) is 2. The van der Waals surface area contributed by atoms with Crippen LogP contribution in [0.1, 0.15) is 20.8 Å². The van der Waals surface area contributed by atoms with Gasteiger partial charge >= 0.3 is 0 Å². The van der Waals surface area contributed by atoms with E-state index in [1.807, 2.05) is 18.4 Å². The van der Waals surface area contributed by atoms with E-state index in [2.05, 4.69) is 0 Å². The van der Waals surface area contributed by atoms with Gasteiger partial charge in [-0.05, 0) is 36.1 Å². The summed E-state index contributed by atoms with van der Waals surface area (Å²) in [6, 6.07) is 6.10. The summed E-state index contributed by atoms with van der Waals surface area (Å²) < 4.78 is 0. The summed E-state index contributed by atoms with van der Waals surface area (Å²) in [5, 5.41) is 12.8. The van der Waals surface area contributed by atoms with Crippen molar-refractivity contribution in [1.82, 2.24) is 4.90 Å². The predicted octanol–water partition coefficient (Wildman–Crippen LogP) is 2.82. The van der Waals surface area contributed by atoms with E-state index in [0.29, 0.717) is 6.54 Å². The van der Waals surface area contributed by atoms with Crippen LogP contribution < -0.4 is 5.73 Å². The van der Waals surface area contributed by atoms with E-state index in [0.717, 1.165) is 10.4 Å². The van der Waals surface area contributed by atoms with Gasteiger partial charge in [0.25, 0.3) is 11.6 Å². The lowest BCUT2D eigenvalue weighted by atomic mass is 10.1. The molecule has 2 aromatic rings. The molecule has 1 aromatic carbocycles. The molecule has 0 radical (unpaired) electrons. The number of nitrogen functional groups attached to an aromatic ring is 1. The first-order valence-electron chi connectivity index (χ1n) is 6.22. The van der Waals surface area contributed by atoms with Gasteiger partial charge in [-0.15, -0.1) is 11.3 Å². The summed E-state index contributed by atoms with van der Waals surface area (Å²) in [7, 11) is 1.67. The first-order chi connectivity index (χ1) is 9.90. The molecule has 2 rings (SSSR count). The molecule has 0 aliphatic heterocycles. The molecule has 0 spiro atoms. The van der Waals surface area contributed by atoms with Gasteiger partial charge in [0.05, 0.1) is 11.5 Å². The normalized spacial score (nSPS) is 10.4. The van der Waals surface area contributed by atoms with Crippen LogP contribution in [-0.2, 0) is 6.54 Å². The van der Waals surface area contributed by atoms with E-state index in [1.54, 1.807) is 18.4 Å². The Hall–Kier alpha value is -2.41. The van der Waals surface area contributed by atoms with Crippen molar-refractivity contribution >= 4 is 28.6 Å². The van der Waals surface area contributed by atoms with E-state index in [-0.39, 0.29) is 22.8 Å². The average Bonchev–Trinajstić information content (AvgIpc) is 2.83. The van der Waals surface area contributed by atoms with Crippen LogP contribution in [0, 0.1) is 17.0 Å². The monoisotopic (exact) mass is 305 g/mol. The van der Waals surface area contributed by atoms with Crippen LogP contribution in [0.3, 0.4) is 0 Å². The summed E-state index contributed by atoms with van der Waals surface area (Å²) in [4.78, 5) is 25.2. The molecule has 0 aliphatic rings. The van der Waals surface area contributed by atoms with Gasteiger partial charge in [0.1, 0.15) is 5.69 Å². The number of rotatable bonds is 4. The molecule has 2 N–H and O–H groups in total. The average molecular weight is 305 g/mol. The molecule has 0 saturated heterocycles. The van der Waals surface area contributed by atoms with E-state index < -0.39 is 4.92 Å². The standard InChI is InChI=1S/C14H15N3O3S/c1-9-5-6-21-13(9)8-16(2)14(18)10-3-4-11(15)12(7-10)17(19)20/h3-7H,8,15H2,1-2H3. The summed E-state index contributed by atoms with van der Waals surface area (Å²) in [6.45, 7) is 2.46. The van der Waals surface area contributed by atoms with Crippen molar-refractivity contribution in [2.75, 3.05) is 12.8 Å². The number of benzene rings is 1. The highest BCUT2D eigenvalue weighted by Crippen LogP contribution is 2.24. The zero-order chi connectivity index (χ0) is 15.6. The van der Waals surface area contributed by atoms with Gasteiger partial charge in [0, 0.05) is 23.6 Å². The van der Waals surface area contributed by atoms with Gasteiger partial charge < -0.3 is 10.6 Å². The smallest absolute Gasteiger partial charge is 0.292 e. The zero-order valence-electron chi connectivity index (χ0n) is 11.7. The second-order valence-corrected chi connectivity index (χ2v) is 5.72. The minimum Gasteiger partial charge on any atom is -0.393 e. The van der Waals surface area contributed by atoms with Crippen LogP contribution >= 0.6 is 11.3 Å². The number of anilines is 1. The van der Waals surface area contributed by atoms with E-state index in [1.165, 1.54) is 23.1 Å². The van der Waals surface area contributed by atoms with E-state index >= 15 is 0 Å². The molecule has 6 nitrogen and oxygen atoms in total. The number of hydrogen-bond donors (Lipinski definition) is 1. The van der Waals surface area contributed by atoms with Gasteiger partial charge in [0.2, 0.25) is 0 Å². The first kappa shape index (κ1) is 15.0. The number of thiophene rings is 1. The Bertz CT molecular complexity index is 697. The van der Waals surface area contributed by atoms with Crippen LogP contribution in [0.5, 0.6) is 0 Å². The number of carbonyl (C=O) groups is 1. The molecule has 1 aromatic heterocycles. The number of carbonyl (C=O) groups excluding carboxylic acids is 1. The maximum absolute atomic E-state index is 12.3. The number of aryl methyl sites for hydroxylation is 1. The number of nitro benzene ring substituents is 1. The summed E-state index contributed by atoms with van der Waals surface area (Å²) in [5.41, 5.74) is 6.72. The molecule has 0 saturated carbocycles. The van der Waals surface area contributed by atoms with Gasteiger partial charge in [-0.1, -0.05) is 0 Å². The second kappa shape index (κ2) is 5.92. The lowest BCUT2D eigenvalue weighted by molar-refractivity contribution is -0.383. The third-order valence-electron chi connectivity index (χ3n) is 3.17. The van der Waals surface area contributed by atoms with Crippen molar-refractivity contribution in [3.8, 4) is 0 Å². The fourth-order valence-electron chi connectivity index (χ4n) is 1.91. The maximum atomic E-state index is 12.3. The number of amides is 1. The topological polar surface area (TPSA) is 89.5 Å². The van der Waals surface area contributed by atoms with E-state index in [4.69, 9.17) is 5.73 Å². The van der Waals surface area contributed by atoms with Crippen LogP contribution in [0.4, 0.5) is 11.4 Å². The highest BCUT2D eigenvalue weighted by Gasteiger charge is 2.18. The Morgan fingerprint density at radius 1 is 1.43 bits per heavy atom. The molecular weight excluding hydrogens is 290 g/mol. The van der Waals surface area contributed by atoms with Gasteiger partial charge in [-0.2, -0.15) is 0 Å². The first-order valence-corrected chi connectivity index (χ1v) is 7.10. The lowest BCUT2D eigenvalue weighted by Gasteiger charge is -2.17. The Balaban J connectivity index is 2.21. The molecular formula is C14H15N3O3S. The Morgan fingerprint density at radius 3 is 2.71 bits per heavy atom. The molecule has 1 heterocycles. The van der Waals surface area contributed by atoms with Crippen LogP contribution in [-0.4, -0.2) is 22.8 Å². The predicted molar refractivity (Wildman–Crippen MR) is 82.4 cm³/mol. The highest BCUT2D eigenvalue weighted by atomic mass is 32.1. The molecule has 0 aliphatic carbocycles. The van der Waals surface area contributed by atoms with Gasteiger partial charge in [-0.3, -0.25) is 14.9 Å². The Labute approximate surface area is 126 Å².